The summed E-state index contributed by atoms with van der Waals surface area (Å²) in [4.78, 5) is 0. The van der Waals surface area contributed by atoms with Gasteiger partial charge in [-0.1, -0.05) is 43.0 Å². The highest BCUT2D eigenvalue weighted by Crippen LogP contribution is 2.61. The van der Waals surface area contributed by atoms with Crippen LogP contribution < -0.4 is 5.32 Å². The first kappa shape index (κ1) is 14.1. The van der Waals surface area contributed by atoms with Crippen molar-refractivity contribution in [3.8, 4) is 0 Å². The Balaban J connectivity index is 1.53. The summed E-state index contributed by atoms with van der Waals surface area (Å²) in [5.41, 5.74) is 2.56. The molecular weight excluding hydrogens is 278 g/mol. The monoisotopic (exact) mass is 303 g/mol. The molecule has 0 saturated heterocycles. The van der Waals surface area contributed by atoms with Crippen LogP contribution >= 0.6 is 11.6 Å². The fraction of sp³-hybridized carbons (Fsp3) is 0.684. The van der Waals surface area contributed by atoms with Gasteiger partial charge < -0.3 is 5.32 Å². The Bertz CT molecular complexity index is 489. The van der Waals surface area contributed by atoms with Gasteiger partial charge >= 0.3 is 0 Å². The summed E-state index contributed by atoms with van der Waals surface area (Å²) in [5.74, 6) is 0. The Morgan fingerprint density at radius 1 is 1.00 bits per heavy atom. The molecule has 21 heavy (non-hydrogen) atoms. The summed E-state index contributed by atoms with van der Waals surface area (Å²) >= 11 is 6.09. The second-order valence-electron chi connectivity index (χ2n) is 7.86. The SMILES string of the molecule is Clc1ccc(C2(CNC3CC3)CC3(CCCCC3)C2)cc1. The van der Waals surface area contributed by atoms with Crippen LogP contribution in [0.4, 0.5) is 0 Å². The van der Waals surface area contributed by atoms with Crippen molar-refractivity contribution < 1.29 is 0 Å². The zero-order valence-corrected chi connectivity index (χ0v) is 13.6. The molecular formula is C19H26ClN. The normalized spacial score (nSPS) is 26.5. The first-order valence-electron chi connectivity index (χ1n) is 8.69. The average molecular weight is 304 g/mol. The third kappa shape index (κ3) is 2.75. The van der Waals surface area contributed by atoms with Crippen molar-refractivity contribution in [2.45, 2.75) is 69.2 Å². The van der Waals surface area contributed by atoms with Gasteiger partial charge in [0.2, 0.25) is 0 Å². The zero-order chi connectivity index (χ0) is 14.3. The van der Waals surface area contributed by atoms with Crippen LogP contribution in [-0.4, -0.2) is 12.6 Å². The van der Waals surface area contributed by atoms with E-state index in [2.05, 4.69) is 29.6 Å². The molecule has 1 aromatic rings. The summed E-state index contributed by atoms with van der Waals surface area (Å²) in [6, 6.07) is 9.49. The van der Waals surface area contributed by atoms with Crippen molar-refractivity contribution >= 4 is 11.6 Å². The van der Waals surface area contributed by atoms with Gasteiger partial charge in [0.05, 0.1) is 0 Å². The Hall–Kier alpha value is -0.530. The molecule has 0 atom stereocenters. The maximum Gasteiger partial charge on any atom is 0.0406 e. The molecule has 0 aromatic heterocycles. The van der Waals surface area contributed by atoms with Gasteiger partial charge in [-0.2, -0.15) is 0 Å². The molecule has 0 bridgehead atoms. The average Bonchev–Trinajstić information content (AvgIpc) is 3.29. The Morgan fingerprint density at radius 3 is 2.29 bits per heavy atom. The molecule has 1 spiro atoms. The largest absolute Gasteiger partial charge is 0.313 e. The lowest BCUT2D eigenvalue weighted by atomic mass is 9.46. The third-order valence-corrected chi connectivity index (χ3v) is 6.36. The van der Waals surface area contributed by atoms with Gasteiger partial charge in [-0.25, -0.2) is 0 Å². The van der Waals surface area contributed by atoms with E-state index in [0.717, 1.165) is 11.1 Å². The molecule has 0 radical (unpaired) electrons. The van der Waals surface area contributed by atoms with Crippen molar-refractivity contribution in [3.63, 3.8) is 0 Å². The standard InChI is InChI=1S/C19H26ClN/c20-16-6-4-15(5-7-16)19(14-21-17-8-9-17)12-18(13-19)10-2-1-3-11-18/h4-7,17,21H,1-3,8-14H2. The maximum atomic E-state index is 6.09. The van der Waals surface area contributed by atoms with E-state index in [9.17, 15) is 0 Å². The van der Waals surface area contributed by atoms with Crippen LogP contribution in [0, 0.1) is 5.41 Å². The fourth-order valence-corrected chi connectivity index (χ4v) is 5.03. The van der Waals surface area contributed by atoms with Crippen molar-refractivity contribution in [1.82, 2.24) is 5.32 Å². The van der Waals surface area contributed by atoms with Crippen molar-refractivity contribution in [2.24, 2.45) is 5.41 Å². The summed E-state index contributed by atoms with van der Waals surface area (Å²) in [7, 11) is 0. The molecule has 0 unspecified atom stereocenters. The van der Waals surface area contributed by atoms with Crippen LogP contribution in [0.2, 0.25) is 5.02 Å². The second kappa shape index (κ2) is 5.28. The maximum absolute atomic E-state index is 6.09. The molecule has 0 amide bonds. The fourth-order valence-electron chi connectivity index (χ4n) is 4.90. The molecule has 1 aromatic carbocycles. The van der Waals surface area contributed by atoms with E-state index in [4.69, 9.17) is 11.6 Å². The highest BCUT2D eigenvalue weighted by Gasteiger charge is 2.54. The van der Waals surface area contributed by atoms with Gasteiger partial charge in [0.15, 0.2) is 0 Å². The minimum Gasteiger partial charge on any atom is -0.313 e. The van der Waals surface area contributed by atoms with Gasteiger partial charge in [0, 0.05) is 23.0 Å². The van der Waals surface area contributed by atoms with Crippen LogP contribution in [0.1, 0.15) is 63.4 Å². The number of nitrogens with one attached hydrogen (secondary N) is 1. The lowest BCUT2D eigenvalue weighted by molar-refractivity contribution is -0.0129. The minimum absolute atomic E-state index is 0.379. The number of hydrogen-bond donors (Lipinski definition) is 1. The highest BCUT2D eigenvalue weighted by molar-refractivity contribution is 6.30. The van der Waals surface area contributed by atoms with E-state index in [0.29, 0.717) is 10.8 Å². The third-order valence-electron chi connectivity index (χ3n) is 6.10. The Morgan fingerprint density at radius 2 is 1.67 bits per heavy atom. The summed E-state index contributed by atoms with van der Waals surface area (Å²) in [6.07, 6.45) is 12.8. The first-order chi connectivity index (χ1) is 10.2. The number of halogens is 1. The molecule has 114 valence electrons. The predicted molar refractivity (Wildman–Crippen MR) is 88.9 cm³/mol. The van der Waals surface area contributed by atoms with Gasteiger partial charge in [-0.05, 0) is 61.6 Å². The zero-order valence-electron chi connectivity index (χ0n) is 12.8. The minimum atomic E-state index is 0.379. The van der Waals surface area contributed by atoms with E-state index in [1.807, 2.05) is 0 Å². The summed E-state index contributed by atoms with van der Waals surface area (Å²) in [5, 5.41) is 4.66. The van der Waals surface area contributed by atoms with Crippen LogP contribution in [0.5, 0.6) is 0 Å². The molecule has 3 aliphatic carbocycles. The van der Waals surface area contributed by atoms with Gasteiger partial charge in [0.1, 0.15) is 0 Å². The molecule has 3 aliphatic rings. The quantitative estimate of drug-likeness (QED) is 0.818. The predicted octanol–water partition coefficient (Wildman–Crippen LogP) is 5.07. The lowest BCUT2D eigenvalue weighted by Crippen LogP contribution is -2.55. The molecule has 1 nitrogen and oxygen atoms in total. The van der Waals surface area contributed by atoms with Crippen LogP contribution in [0.15, 0.2) is 24.3 Å². The highest BCUT2D eigenvalue weighted by atomic mass is 35.5. The van der Waals surface area contributed by atoms with Gasteiger partial charge in [-0.15, -0.1) is 0 Å². The van der Waals surface area contributed by atoms with E-state index < -0.39 is 0 Å². The van der Waals surface area contributed by atoms with Crippen molar-refractivity contribution in [1.29, 1.82) is 0 Å². The molecule has 3 fully saturated rings. The molecule has 0 heterocycles. The van der Waals surface area contributed by atoms with Crippen molar-refractivity contribution in [3.05, 3.63) is 34.9 Å². The van der Waals surface area contributed by atoms with E-state index in [1.165, 1.54) is 69.9 Å². The molecule has 1 N–H and O–H groups in total. The molecule has 4 rings (SSSR count). The van der Waals surface area contributed by atoms with E-state index >= 15 is 0 Å². The topological polar surface area (TPSA) is 12.0 Å². The van der Waals surface area contributed by atoms with Gasteiger partial charge in [0.25, 0.3) is 0 Å². The van der Waals surface area contributed by atoms with E-state index in [-0.39, 0.29) is 0 Å². The summed E-state index contributed by atoms with van der Waals surface area (Å²) in [6.45, 7) is 1.17. The first-order valence-corrected chi connectivity index (χ1v) is 9.07. The van der Waals surface area contributed by atoms with Gasteiger partial charge in [-0.3, -0.25) is 0 Å². The number of hydrogen-bond acceptors (Lipinski definition) is 1. The van der Waals surface area contributed by atoms with Crippen LogP contribution in [0.3, 0.4) is 0 Å². The Labute approximate surface area is 133 Å². The second-order valence-corrected chi connectivity index (χ2v) is 8.29. The summed E-state index contributed by atoms with van der Waals surface area (Å²) < 4.78 is 0. The van der Waals surface area contributed by atoms with Crippen LogP contribution in [0.25, 0.3) is 0 Å². The number of rotatable bonds is 4. The molecule has 0 aliphatic heterocycles. The lowest BCUT2D eigenvalue weighted by Gasteiger charge is -2.59. The van der Waals surface area contributed by atoms with Crippen LogP contribution in [-0.2, 0) is 5.41 Å². The Kier molecular flexibility index (Phi) is 3.54. The molecule has 3 saturated carbocycles. The molecule has 2 heteroatoms. The van der Waals surface area contributed by atoms with Crippen molar-refractivity contribution in [2.75, 3.05) is 6.54 Å². The van der Waals surface area contributed by atoms with E-state index in [1.54, 1.807) is 0 Å². The number of benzene rings is 1. The smallest absolute Gasteiger partial charge is 0.0406 e.